The second-order valence-electron chi connectivity index (χ2n) is 6.80. The highest BCUT2D eigenvalue weighted by Gasteiger charge is 2.30. The molecule has 1 aromatic carbocycles. The van der Waals surface area contributed by atoms with Crippen LogP contribution in [0.25, 0.3) is 32.9 Å². The van der Waals surface area contributed by atoms with Crippen molar-refractivity contribution in [3.05, 3.63) is 55.0 Å². The minimum absolute atomic E-state index is 0.111. The van der Waals surface area contributed by atoms with E-state index in [4.69, 9.17) is 4.74 Å². The number of H-pyrrole nitrogens is 1. The number of ether oxygens (including phenoxy) is 1. The number of fused-ring (bicyclic) bond motifs is 3. The number of nitrogens with zero attached hydrogens (tertiary/aromatic N) is 2. The number of hydrogen-bond donors (Lipinski definition) is 1. The lowest BCUT2D eigenvalue weighted by molar-refractivity contribution is -0.116. The Balaban J connectivity index is 1.40. The molecule has 128 valence electrons. The van der Waals surface area contributed by atoms with Gasteiger partial charge in [-0.05, 0) is 36.6 Å². The smallest absolute Gasteiger partial charge is 0.213 e. The van der Waals surface area contributed by atoms with Crippen molar-refractivity contribution >= 4 is 28.1 Å². The summed E-state index contributed by atoms with van der Waals surface area (Å²) in [5.74, 6) is 0.762. The fourth-order valence-corrected chi connectivity index (χ4v) is 3.53. The number of aldehydes is 1. The van der Waals surface area contributed by atoms with Crippen molar-refractivity contribution < 1.29 is 9.53 Å². The van der Waals surface area contributed by atoms with Crippen molar-refractivity contribution in [1.82, 2.24) is 15.0 Å². The van der Waals surface area contributed by atoms with Gasteiger partial charge >= 0.3 is 0 Å². The molecule has 0 amide bonds. The largest absolute Gasteiger partial charge is 0.474 e. The minimum atomic E-state index is 0.111. The SMILES string of the molecule is O=C[C@H]1C[C@H](Oc2ccc(-c3ccc4c(c3)[nH]c3ccncc34)cn2)C1. The van der Waals surface area contributed by atoms with Gasteiger partial charge in [0.1, 0.15) is 12.4 Å². The second-order valence-corrected chi connectivity index (χ2v) is 6.80. The van der Waals surface area contributed by atoms with E-state index in [2.05, 4.69) is 33.2 Å². The maximum absolute atomic E-state index is 10.7. The Labute approximate surface area is 150 Å². The standard InChI is InChI=1S/C21H17N3O2/c25-12-13-7-16(8-13)26-21-4-2-15(10-23-21)14-1-3-17-18-11-22-6-5-19(18)24-20(17)9-14/h1-6,9-13,16,24H,7-8H2/t13-,16-. The molecule has 0 unspecified atom stereocenters. The zero-order valence-electron chi connectivity index (χ0n) is 14.1. The number of benzene rings is 1. The van der Waals surface area contributed by atoms with Crippen molar-refractivity contribution in [1.29, 1.82) is 0 Å². The Morgan fingerprint density at radius 3 is 2.69 bits per heavy atom. The number of aromatic nitrogens is 3. The topological polar surface area (TPSA) is 67.9 Å². The molecule has 5 heteroatoms. The molecular weight excluding hydrogens is 326 g/mol. The average molecular weight is 343 g/mol. The van der Waals surface area contributed by atoms with Crippen LogP contribution >= 0.6 is 0 Å². The van der Waals surface area contributed by atoms with Crippen LogP contribution in [-0.2, 0) is 4.79 Å². The Kier molecular flexibility index (Phi) is 3.45. The van der Waals surface area contributed by atoms with Gasteiger partial charge in [0.25, 0.3) is 0 Å². The molecule has 5 rings (SSSR count). The number of carbonyl (C=O) groups excluding carboxylic acids is 1. The highest BCUT2D eigenvalue weighted by Crippen LogP contribution is 2.31. The van der Waals surface area contributed by atoms with E-state index in [-0.39, 0.29) is 12.0 Å². The lowest BCUT2D eigenvalue weighted by atomic mass is 9.83. The number of hydrogen-bond acceptors (Lipinski definition) is 4. The molecule has 3 aromatic heterocycles. The summed E-state index contributed by atoms with van der Waals surface area (Å²) in [6, 6.07) is 12.2. The first-order valence-corrected chi connectivity index (χ1v) is 8.74. The van der Waals surface area contributed by atoms with Gasteiger partial charge in [0.15, 0.2) is 0 Å². The third-order valence-electron chi connectivity index (χ3n) is 5.08. The fourth-order valence-electron chi connectivity index (χ4n) is 3.53. The van der Waals surface area contributed by atoms with Gasteiger partial charge in [0.05, 0.1) is 0 Å². The summed E-state index contributed by atoms with van der Waals surface area (Å²) < 4.78 is 5.80. The summed E-state index contributed by atoms with van der Waals surface area (Å²) in [5.41, 5.74) is 4.31. The normalized spacial score (nSPS) is 19.4. The molecule has 1 saturated carbocycles. The number of nitrogens with one attached hydrogen (secondary N) is 1. The summed E-state index contributed by atoms with van der Waals surface area (Å²) in [5, 5.41) is 2.30. The first-order valence-electron chi connectivity index (χ1n) is 8.74. The molecule has 1 N–H and O–H groups in total. The molecule has 0 saturated heterocycles. The monoisotopic (exact) mass is 343 g/mol. The van der Waals surface area contributed by atoms with Gasteiger partial charge in [-0.1, -0.05) is 12.1 Å². The van der Waals surface area contributed by atoms with Crippen LogP contribution in [0.3, 0.4) is 0 Å². The van der Waals surface area contributed by atoms with Crippen molar-refractivity contribution in [3.63, 3.8) is 0 Å². The third kappa shape index (κ3) is 2.52. The number of aromatic amines is 1. The van der Waals surface area contributed by atoms with E-state index in [1.165, 1.54) is 5.39 Å². The first kappa shape index (κ1) is 15.1. The van der Waals surface area contributed by atoms with Crippen LogP contribution in [-0.4, -0.2) is 27.3 Å². The van der Waals surface area contributed by atoms with Gasteiger partial charge in [-0.3, -0.25) is 4.98 Å². The van der Waals surface area contributed by atoms with Gasteiger partial charge in [-0.2, -0.15) is 0 Å². The quantitative estimate of drug-likeness (QED) is 0.566. The van der Waals surface area contributed by atoms with Crippen LogP contribution in [0, 0.1) is 5.92 Å². The third-order valence-corrected chi connectivity index (χ3v) is 5.08. The molecule has 4 aromatic rings. The molecule has 26 heavy (non-hydrogen) atoms. The zero-order valence-corrected chi connectivity index (χ0v) is 14.1. The van der Waals surface area contributed by atoms with E-state index in [0.717, 1.165) is 46.7 Å². The number of pyridine rings is 2. The fraction of sp³-hybridized carbons (Fsp3) is 0.190. The maximum Gasteiger partial charge on any atom is 0.213 e. The van der Waals surface area contributed by atoms with Crippen molar-refractivity contribution in [3.8, 4) is 17.0 Å². The van der Waals surface area contributed by atoms with Crippen LogP contribution in [0.15, 0.2) is 55.0 Å². The first-order chi connectivity index (χ1) is 12.8. The molecule has 0 bridgehead atoms. The van der Waals surface area contributed by atoms with E-state index in [0.29, 0.717) is 5.88 Å². The number of rotatable bonds is 4. The molecule has 5 nitrogen and oxygen atoms in total. The minimum Gasteiger partial charge on any atom is -0.474 e. The summed E-state index contributed by atoms with van der Waals surface area (Å²) in [6.45, 7) is 0. The molecule has 0 spiro atoms. The lowest BCUT2D eigenvalue weighted by Gasteiger charge is -2.31. The molecule has 3 heterocycles. The predicted molar refractivity (Wildman–Crippen MR) is 100 cm³/mol. The molecule has 1 aliphatic rings. The van der Waals surface area contributed by atoms with Crippen molar-refractivity contribution in [2.24, 2.45) is 5.92 Å². The maximum atomic E-state index is 10.7. The molecule has 0 atom stereocenters. The highest BCUT2D eigenvalue weighted by molar-refractivity contribution is 6.07. The van der Waals surface area contributed by atoms with Gasteiger partial charge in [-0.15, -0.1) is 0 Å². The Hall–Kier alpha value is -3.21. The molecular formula is C21H17N3O2. The Morgan fingerprint density at radius 2 is 1.88 bits per heavy atom. The van der Waals surface area contributed by atoms with Crippen LogP contribution < -0.4 is 4.74 Å². The van der Waals surface area contributed by atoms with E-state index >= 15 is 0 Å². The summed E-state index contributed by atoms with van der Waals surface area (Å²) >= 11 is 0. The van der Waals surface area contributed by atoms with Crippen LogP contribution in [0.2, 0.25) is 0 Å². The summed E-state index contributed by atoms with van der Waals surface area (Å²) in [4.78, 5) is 22.7. The Morgan fingerprint density at radius 1 is 1.00 bits per heavy atom. The average Bonchev–Trinajstić information content (AvgIpc) is 3.02. The molecule has 1 aliphatic carbocycles. The summed E-state index contributed by atoms with van der Waals surface area (Å²) in [6.07, 6.45) is 8.21. The second kappa shape index (κ2) is 5.95. The van der Waals surface area contributed by atoms with E-state index in [9.17, 15) is 4.79 Å². The van der Waals surface area contributed by atoms with E-state index < -0.39 is 0 Å². The van der Waals surface area contributed by atoms with E-state index in [1.807, 2.05) is 30.6 Å². The molecule has 1 fully saturated rings. The molecule has 0 aliphatic heterocycles. The number of carbonyl (C=O) groups is 1. The van der Waals surface area contributed by atoms with Crippen molar-refractivity contribution in [2.75, 3.05) is 0 Å². The summed E-state index contributed by atoms with van der Waals surface area (Å²) in [7, 11) is 0. The molecule has 0 radical (unpaired) electrons. The van der Waals surface area contributed by atoms with Crippen LogP contribution in [0.1, 0.15) is 12.8 Å². The van der Waals surface area contributed by atoms with Gasteiger partial charge in [-0.25, -0.2) is 4.98 Å². The van der Waals surface area contributed by atoms with Gasteiger partial charge in [0, 0.05) is 57.9 Å². The Bertz CT molecular complexity index is 1100. The van der Waals surface area contributed by atoms with E-state index in [1.54, 1.807) is 6.20 Å². The van der Waals surface area contributed by atoms with Crippen molar-refractivity contribution in [2.45, 2.75) is 18.9 Å². The zero-order chi connectivity index (χ0) is 17.5. The highest BCUT2D eigenvalue weighted by atomic mass is 16.5. The predicted octanol–water partition coefficient (Wildman–Crippen LogP) is 4.13. The van der Waals surface area contributed by atoms with Crippen LogP contribution in [0.4, 0.5) is 0 Å². The lowest BCUT2D eigenvalue weighted by Crippen LogP contribution is -2.34. The van der Waals surface area contributed by atoms with Gasteiger partial charge < -0.3 is 14.5 Å². The van der Waals surface area contributed by atoms with Gasteiger partial charge in [0.2, 0.25) is 5.88 Å². The van der Waals surface area contributed by atoms with Crippen LogP contribution in [0.5, 0.6) is 5.88 Å².